The molecule has 0 saturated carbocycles. The molecule has 3 aliphatic heterocycles. The van der Waals surface area contributed by atoms with Crippen molar-refractivity contribution < 1.29 is 14.6 Å². The molecule has 3 heterocycles. The van der Waals surface area contributed by atoms with E-state index in [-0.39, 0.29) is 5.91 Å². The monoisotopic (exact) mass is 401 g/mol. The summed E-state index contributed by atoms with van der Waals surface area (Å²) in [5.41, 5.74) is 0.558. The normalized spacial score (nSPS) is 29.0. The number of amides is 1. The van der Waals surface area contributed by atoms with Gasteiger partial charge in [-0.05, 0) is 62.9 Å². The molecule has 2 N–H and O–H groups in total. The van der Waals surface area contributed by atoms with Crippen molar-refractivity contribution in [2.24, 2.45) is 5.41 Å². The molecule has 0 unspecified atom stereocenters. The number of likely N-dealkylation sites (tertiary alicyclic amines) is 2. The van der Waals surface area contributed by atoms with Gasteiger partial charge in [-0.1, -0.05) is 18.6 Å². The van der Waals surface area contributed by atoms with Crippen LogP contribution in [-0.4, -0.2) is 72.8 Å². The molecule has 1 aromatic carbocycles. The minimum Gasteiger partial charge on any atom is -0.492 e. The molecule has 6 nitrogen and oxygen atoms in total. The zero-order valence-corrected chi connectivity index (χ0v) is 17.4. The maximum Gasteiger partial charge on any atom is 0.230 e. The fraction of sp³-hybridized carbons (Fsp3) is 0.696. The summed E-state index contributed by atoms with van der Waals surface area (Å²) in [5, 5.41) is 13.5. The average Bonchev–Trinajstić information content (AvgIpc) is 2.74. The molecule has 0 aromatic heterocycles. The third-order valence-electron chi connectivity index (χ3n) is 6.83. The number of carbonyl (C=O) groups excluding carboxylic acids is 1. The SMILES string of the molecule is O=C1NCCC[C@]12CN(Cc1cccc(OCCN3CCCCC3)c1)CC[C@H]2O. The van der Waals surface area contributed by atoms with Crippen molar-refractivity contribution in [1.29, 1.82) is 0 Å². The highest BCUT2D eigenvalue weighted by atomic mass is 16.5. The van der Waals surface area contributed by atoms with Crippen molar-refractivity contribution in [1.82, 2.24) is 15.1 Å². The van der Waals surface area contributed by atoms with Crippen LogP contribution in [0.4, 0.5) is 0 Å². The number of aliphatic hydroxyl groups excluding tert-OH is 1. The molecule has 1 spiro atoms. The Morgan fingerprint density at radius 1 is 1.14 bits per heavy atom. The van der Waals surface area contributed by atoms with Crippen LogP contribution in [0.25, 0.3) is 0 Å². The third kappa shape index (κ3) is 4.93. The minimum atomic E-state index is -0.640. The summed E-state index contributed by atoms with van der Waals surface area (Å²) in [4.78, 5) is 17.4. The van der Waals surface area contributed by atoms with Gasteiger partial charge < -0.3 is 15.2 Å². The Kier molecular flexibility index (Phi) is 6.73. The summed E-state index contributed by atoms with van der Waals surface area (Å²) in [5.74, 6) is 0.942. The van der Waals surface area contributed by atoms with Gasteiger partial charge in [0, 0.05) is 32.7 Å². The highest BCUT2D eigenvalue weighted by molar-refractivity contribution is 5.84. The van der Waals surface area contributed by atoms with E-state index < -0.39 is 11.5 Å². The number of piperidine rings is 3. The quantitative estimate of drug-likeness (QED) is 0.764. The van der Waals surface area contributed by atoms with E-state index in [0.29, 0.717) is 13.0 Å². The van der Waals surface area contributed by atoms with Crippen LogP contribution in [-0.2, 0) is 11.3 Å². The van der Waals surface area contributed by atoms with E-state index in [1.54, 1.807) is 0 Å². The van der Waals surface area contributed by atoms with Crippen LogP contribution in [0.2, 0.25) is 0 Å². The summed E-state index contributed by atoms with van der Waals surface area (Å²) in [6.45, 7) is 7.05. The molecule has 3 aliphatic rings. The maximum atomic E-state index is 12.6. The molecule has 2 atom stereocenters. The summed E-state index contributed by atoms with van der Waals surface area (Å²) in [6, 6.07) is 8.31. The van der Waals surface area contributed by atoms with Crippen LogP contribution in [0.5, 0.6) is 5.75 Å². The maximum absolute atomic E-state index is 12.6. The first-order valence-corrected chi connectivity index (χ1v) is 11.3. The van der Waals surface area contributed by atoms with Crippen molar-refractivity contribution in [2.75, 3.05) is 45.9 Å². The molecule has 1 amide bonds. The van der Waals surface area contributed by atoms with Crippen molar-refractivity contribution >= 4 is 5.91 Å². The van der Waals surface area contributed by atoms with Gasteiger partial charge in [-0.3, -0.25) is 14.6 Å². The molecule has 4 rings (SSSR count). The first kappa shape index (κ1) is 20.6. The average molecular weight is 402 g/mol. The van der Waals surface area contributed by atoms with Crippen molar-refractivity contribution in [2.45, 2.75) is 51.2 Å². The molecule has 0 bridgehead atoms. The van der Waals surface area contributed by atoms with Crippen LogP contribution in [0.1, 0.15) is 44.1 Å². The molecule has 3 fully saturated rings. The number of nitrogens with one attached hydrogen (secondary N) is 1. The van der Waals surface area contributed by atoms with Gasteiger partial charge >= 0.3 is 0 Å². The van der Waals surface area contributed by atoms with Crippen molar-refractivity contribution in [3.8, 4) is 5.75 Å². The number of ether oxygens (including phenoxy) is 1. The molecule has 6 heteroatoms. The lowest BCUT2D eigenvalue weighted by Crippen LogP contribution is -2.61. The van der Waals surface area contributed by atoms with Gasteiger partial charge in [0.1, 0.15) is 12.4 Å². The smallest absolute Gasteiger partial charge is 0.230 e. The Morgan fingerprint density at radius 3 is 2.83 bits per heavy atom. The fourth-order valence-electron chi connectivity index (χ4n) is 5.13. The zero-order chi connectivity index (χ0) is 20.1. The number of hydrogen-bond acceptors (Lipinski definition) is 5. The number of nitrogens with zero attached hydrogens (tertiary/aromatic N) is 2. The standard InChI is InChI=1S/C23H35N3O3/c27-21-8-13-26(18-23(21)9-5-10-24-22(23)28)17-19-6-4-7-20(16-19)29-15-14-25-11-2-1-3-12-25/h4,6-7,16,21,27H,1-3,5,8-15,17-18H2,(H,24,28)/t21-,23-/m1/s1. The van der Waals surface area contributed by atoms with E-state index >= 15 is 0 Å². The second kappa shape index (κ2) is 9.45. The van der Waals surface area contributed by atoms with Gasteiger partial charge in [0.25, 0.3) is 0 Å². The second-order valence-corrected chi connectivity index (χ2v) is 8.93. The Balaban J connectivity index is 1.32. The van der Waals surface area contributed by atoms with Crippen LogP contribution in [0.15, 0.2) is 24.3 Å². The highest BCUT2D eigenvalue weighted by Gasteiger charge is 2.49. The van der Waals surface area contributed by atoms with Gasteiger partial charge in [0.05, 0.1) is 11.5 Å². The lowest BCUT2D eigenvalue weighted by molar-refractivity contribution is -0.149. The van der Waals surface area contributed by atoms with Crippen molar-refractivity contribution in [3.05, 3.63) is 29.8 Å². The van der Waals surface area contributed by atoms with E-state index in [1.165, 1.54) is 37.9 Å². The first-order chi connectivity index (χ1) is 14.2. The summed E-state index contributed by atoms with van der Waals surface area (Å²) in [6.07, 6.45) is 5.80. The van der Waals surface area contributed by atoms with E-state index in [9.17, 15) is 9.90 Å². The van der Waals surface area contributed by atoms with E-state index in [2.05, 4.69) is 27.2 Å². The van der Waals surface area contributed by atoms with Crippen LogP contribution < -0.4 is 10.1 Å². The molecular weight excluding hydrogens is 366 g/mol. The largest absolute Gasteiger partial charge is 0.492 e. The third-order valence-corrected chi connectivity index (χ3v) is 6.83. The molecular formula is C23H35N3O3. The Morgan fingerprint density at radius 2 is 2.00 bits per heavy atom. The number of rotatable bonds is 6. The van der Waals surface area contributed by atoms with Gasteiger partial charge in [-0.25, -0.2) is 0 Å². The lowest BCUT2D eigenvalue weighted by atomic mass is 9.71. The predicted octanol–water partition coefficient (Wildman–Crippen LogP) is 2.01. The number of carbonyl (C=O) groups is 1. The Bertz CT molecular complexity index is 692. The van der Waals surface area contributed by atoms with Gasteiger partial charge in [-0.15, -0.1) is 0 Å². The molecule has 160 valence electrons. The molecule has 29 heavy (non-hydrogen) atoms. The minimum absolute atomic E-state index is 0.0238. The van der Waals surface area contributed by atoms with Gasteiger partial charge in [-0.2, -0.15) is 0 Å². The van der Waals surface area contributed by atoms with Gasteiger partial charge in [0.15, 0.2) is 0 Å². The Labute approximate surface area is 174 Å². The summed E-state index contributed by atoms with van der Waals surface area (Å²) in [7, 11) is 0. The van der Waals surface area contributed by atoms with Crippen LogP contribution in [0, 0.1) is 5.41 Å². The number of hydrogen-bond donors (Lipinski definition) is 2. The first-order valence-electron chi connectivity index (χ1n) is 11.3. The van der Waals surface area contributed by atoms with Crippen LogP contribution >= 0.6 is 0 Å². The predicted molar refractivity (Wildman–Crippen MR) is 113 cm³/mol. The topological polar surface area (TPSA) is 65.0 Å². The van der Waals surface area contributed by atoms with Gasteiger partial charge in [0.2, 0.25) is 5.91 Å². The fourth-order valence-corrected chi connectivity index (χ4v) is 5.13. The van der Waals surface area contributed by atoms with E-state index in [4.69, 9.17) is 4.74 Å². The number of aliphatic hydroxyl groups is 1. The molecule has 1 aromatic rings. The van der Waals surface area contributed by atoms with E-state index in [0.717, 1.165) is 51.4 Å². The molecule has 0 radical (unpaired) electrons. The van der Waals surface area contributed by atoms with E-state index in [1.807, 2.05) is 12.1 Å². The summed E-state index contributed by atoms with van der Waals surface area (Å²) >= 11 is 0. The van der Waals surface area contributed by atoms with Crippen LogP contribution in [0.3, 0.4) is 0 Å². The number of benzene rings is 1. The highest BCUT2D eigenvalue weighted by Crippen LogP contribution is 2.37. The molecule has 0 aliphatic carbocycles. The second-order valence-electron chi connectivity index (χ2n) is 8.93. The molecule has 3 saturated heterocycles. The summed E-state index contributed by atoms with van der Waals surface area (Å²) < 4.78 is 6.02. The van der Waals surface area contributed by atoms with Crippen molar-refractivity contribution in [3.63, 3.8) is 0 Å². The Hall–Kier alpha value is -1.63. The lowest BCUT2D eigenvalue weighted by Gasteiger charge is -2.47. The zero-order valence-electron chi connectivity index (χ0n) is 17.4.